The van der Waals surface area contributed by atoms with E-state index in [1.807, 2.05) is 5.01 Å². The minimum atomic E-state index is 0.991. The quantitative estimate of drug-likeness (QED) is 0.272. The predicted octanol–water partition coefficient (Wildman–Crippen LogP) is 7.22. The Morgan fingerprint density at radius 2 is 1.03 bits per heavy atom. The third-order valence-electron chi connectivity index (χ3n) is 5.84. The Labute approximate surface area is 188 Å². The summed E-state index contributed by atoms with van der Waals surface area (Å²) in [7, 11) is 0. The van der Waals surface area contributed by atoms with E-state index < -0.39 is 0 Å². The second kappa shape index (κ2) is 10.8. The van der Waals surface area contributed by atoms with E-state index in [2.05, 4.69) is 112 Å². The first-order valence-electron chi connectivity index (χ1n) is 11.5. The molecule has 3 nitrogen and oxygen atoms in total. The first kappa shape index (κ1) is 22.6. The molecule has 3 rings (SSSR count). The maximum absolute atomic E-state index is 5.05. The minimum absolute atomic E-state index is 0.991. The van der Waals surface area contributed by atoms with Crippen LogP contribution in [0.15, 0.2) is 77.9 Å². The van der Waals surface area contributed by atoms with Gasteiger partial charge in [-0.1, -0.05) is 50.2 Å². The fourth-order valence-electron chi connectivity index (χ4n) is 3.72. The van der Waals surface area contributed by atoms with Crippen molar-refractivity contribution in [1.29, 1.82) is 0 Å². The normalized spacial score (nSPS) is 11.5. The summed E-state index contributed by atoms with van der Waals surface area (Å²) >= 11 is 0. The average Bonchev–Trinajstić information content (AvgIpc) is 2.84. The van der Waals surface area contributed by atoms with Crippen molar-refractivity contribution < 1.29 is 0 Å². The van der Waals surface area contributed by atoms with E-state index in [-0.39, 0.29) is 0 Å². The molecule has 0 saturated heterocycles. The smallest absolute Gasteiger partial charge is 0.0655 e. The lowest BCUT2D eigenvalue weighted by molar-refractivity contribution is 0.866. The third-order valence-corrected chi connectivity index (χ3v) is 5.84. The number of benzene rings is 3. The number of anilines is 3. The molecule has 0 heterocycles. The van der Waals surface area contributed by atoms with Crippen molar-refractivity contribution in [3.05, 3.63) is 89.5 Å². The molecule has 0 bridgehead atoms. The van der Waals surface area contributed by atoms with Gasteiger partial charge in [-0.15, -0.1) is 0 Å². The van der Waals surface area contributed by atoms with Crippen molar-refractivity contribution in [2.24, 2.45) is 5.10 Å². The van der Waals surface area contributed by atoms with Crippen molar-refractivity contribution >= 4 is 22.8 Å². The lowest BCUT2D eigenvalue weighted by Crippen LogP contribution is -2.21. The van der Waals surface area contributed by atoms with Crippen LogP contribution in [0.25, 0.3) is 0 Å². The van der Waals surface area contributed by atoms with E-state index in [1.165, 1.54) is 16.8 Å². The van der Waals surface area contributed by atoms with E-state index in [1.54, 1.807) is 0 Å². The Balaban J connectivity index is 1.96. The molecule has 0 aromatic heterocycles. The van der Waals surface area contributed by atoms with E-state index in [9.17, 15) is 0 Å². The molecular formula is C28H35N3. The van der Waals surface area contributed by atoms with Crippen molar-refractivity contribution in [1.82, 2.24) is 0 Å². The zero-order valence-corrected chi connectivity index (χ0v) is 19.6. The largest absolute Gasteiger partial charge is 0.372 e. The summed E-state index contributed by atoms with van der Waals surface area (Å²) in [4.78, 5) is 2.35. The molecule has 0 N–H and O–H groups in total. The molecule has 0 aliphatic carbocycles. The Morgan fingerprint density at radius 1 is 0.613 bits per heavy atom. The molecule has 3 aromatic carbocycles. The molecule has 0 spiro atoms. The van der Waals surface area contributed by atoms with Crippen LogP contribution in [-0.4, -0.2) is 18.8 Å². The Morgan fingerprint density at radius 3 is 1.42 bits per heavy atom. The van der Waals surface area contributed by atoms with Gasteiger partial charge in [0.25, 0.3) is 0 Å². The van der Waals surface area contributed by atoms with Gasteiger partial charge in [0.05, 0.1) is 17.1 Å². The van der Waals surface area contributed by atoms with Crippen LogP contribution in [0.3, 0.4) is 0 Å². The summed E-state index contributed by atoms with van der Waals surface area (Å²) in [5.74, 6) is 0. The van der Waals surface area contributed by atoms with Crippen LogP contribution in [0.1, 0.15) is 51.3 Å². The van der Waals surface area contributed by atoms with E-state index in [0.717, 1.165) is 48.6 Å². The highest BCUT2D eigenvalue weighted by molar-refractivity contribution is 6.00. The fourth-order valence-corrected chi connectivity index (χ4v) is 3.72. The Hall–Kier alpha value is -3.07. The highest BCUT2D eigenvalue weighted by Crippen LogP contribution is 2.28. The monoisotopic (exact) mass is 413 g/mol. The average molecular weight is 414 g/mol. The Bertz CT molecular complexity index is 919. The van der Waals surface area contributed by atoms with Gasteiger partial charge in [0.2, 0.25) is 0 Å². The highest BCUT2D eigenvalue weighted by atomic mass is 15.5. The molecule has 0 atom stereocenters. The maximum atomic E-state index is 5.05. The summed E-state index contributed by atoms with van der Waals surface area (Å²) < 4.78 is 0. The van der Waals surface area contributed by atoms with E-state index >= 15 is 0 Å². The van der Waals surface area contributed by atoms with Gasteiger partial charge in [-0.2, -0.15) is 5.10 Å². The van der Waals surface area contributed by atoms with Crippen LogP contribution in [-0.2, 0) is 12.8 Å². The van der Waals surface area contributed by atoms with Gasteiger partial charge in [-0.3, -0.25) is 0 Å². The lowest BCUT2D eigenvalue weighted by Gasteiger charge is -2.22. The molecule has 162 valence electrons. The first-order valence-corrected chi connectivity index (χ1v) is 11.5. The van der Waals surface area contributed by atoms with Gasteiger partial charge in [-0.05, 0) is 86.7 Å². The Kier molecular flexibility index (Phi) is 7.88. The number of hydrogen-bond acceptors (Lipinski definition) is 3. The van der Waals surface area contributed by atoms with Crippen LogP contribution in [0.4, 0.5) is 17.1 Å². The van der Waals surface area contributed by atoms with E-state index in [4.69, 9.17) is 5.10 Å². The molecule has 0 fully saturated rings. The van der Waals surface area contributed by atoms with Gasteiger partial charge in [0.1, 0.15) is 0 Å². The number of hydrogen-bond donors (Lipinski definition) is 0. The second-order valence-corrected chi connectivity index (χ2v) is 7.76. The van der Waals surface area contributed by atoms with Crippen LogP contribution in [0, 0.1) is 0 Å². The number of rotatable bonds is 9. The SMILES string of the molecule is CCc1ccc(N(/N=C(\C)c2ccc(N(CC)CC)cc2)c2ccc(CC)cc2)cc1. The van der Waals surface area contributed by atoms with Crippen LogP contribution >= 0.6 is 0 Å². The summed E-state index contributed by atoms with van der Waals surface area (Å²) in [6.45, 7) is 12.8. The summed E-state index contributed by atoms with van der Waals surface area (Å²) in [6, 6.07) is 26.1. The molecule has 0 radical (unpaired) electrons. The van der Waals surface area contributed by atoms with Gasteiger partial charge < -0.3 is 4.90 Å². The standard InChI is InChI=1S/C28H35N3/c1-6-23-10-16-27(17-11-23)31(28-18-12-24(7-2)13-19-28)29-22(5)25-14-20-26(21-15-25)30(8-3)9-4/h10-21H,6-9H2,1-5H3/b29-22+. The lowest BCUT2D eigenvalue weighted by atomic mass is 10.1. The van der Waals surface area contributed by atoms with Crippen molar-refractivity contribution in [3.63, 3.8) is 0 Å². The van der Waals surface area contributed by atoms with Gasteiger partial charge in [-0.25, -0.2) is 5.01 Å². The predicted molar refractivity (Wildman–Crippen MR) is 136 cm³/mol. The third kappa shape index (κ3) is 5.55. The molecule has 31 heavy (non-hydrogen) atoms. The molecule has 3 aromatic rings. The molecule has 0 aliphatic rings. The van der Waals surface area contributed by atoms with Gasteiger partial charge in [0.15, 0.2) is 0 Å². The summed E-state index contributed by atoms with van der Waals surface area (Å²) in [6.07, 6.45) is 2.07. The van der Waals surface area contributed by atoms with Crippen molar-refractivity contribution in [2.45, 2.75) is 47.5 Å². The van der Waals surface area contributed by atoms with Gasteiger partial charge >= 0.3 is 0 Å². The number of nitrogens with zero attached hydrogens (tertiary/aromatic N) is 3. The van der Waals surface area contributed by atoms with Crippen LogP contribution in [0.2, 0.25) is 0 Å². The number of hydrazone groups is 1. The minimum Gasteiger partial charge on any atom is -0.372 e. The first-order chi connectivity index (χ1) is 15.1. The van der Waals surface area contributed by atoms with Crippen LogP contribution < -0.4 is 9.91 Å². The molecule has 0 amide bonds. The molecule has 0 saturated carbocycles. The van der Waals surface area contributed by atoms with Crippen molar-refractivity contribution in [2.75, 3.05) is 23.0 Å². The molecule has 0 aliphatic heterocycles. The highest BCUT2D eigenvalue weighted by Gasteiger charge is 2.11. The maximum Gasteiger partial charge on any atom is 0.0655 e. The van der Waals surface area contributed by atoms with Crippen molar-refractivity contribution in [3.8, 4) is 0 Å². The molecule has 0 unspecified atom stereocenters. The van der Waals surface area contributed by atoms with Gasteiger partial charge in [0, 0.05) is 18.8 Å². The summed E-state index contributed by atoms with van der Waals surface area (Å²) in [5, 5.41) is 7.10. The fraction of sp³-hybridized carbons (Fsp3) is 0.321. The van der Waals surface area contributed by atoms with E-state index in [0.29, 0.717) is 0 Å². The topological polar surface area (TPSA) is 18.8 Å². The molecule has 3 heteroatoms. The zero-order valence-electron chi connectivity index (χ0n) is 19.6. The molecular weight excluding hydrogens is 378 g/mol. The summed E-state index contributed by atoms with van der Waals surface area (Å²) in [5.41, 5.74) is 8.18. The zero-order chi connectivity index (χ0) is 22.2. The second-order valence-electron chi connectivity index (χ2n) is 7.76. The number of aryl methyl sites for hydroxylation is 2. The van der Waals surface area contributed by atoms with Crippen LogP contribution in [0.5, 0.6) is 0 Å².